The fourth-order valence-electron chi connectivity index (χ4n) is 2.08. The maximum atomic E-state index is 6.21. The molecule has 84 valence electrons. The molecule has 2 N–H and O–H groups in total. The summed E-state index contributed by atoms with van der Waals surface area (Å²) in [5.74, 6) is 0. The first-order valence-electron chi connectivity index (χ1n) is 5.66. The third kappa shape index (κ3) is 2.13. The van der Waals surface area contributed by atoms with Gasteiger partial charge in [-0.25, -0.2) is 0 Å². The maximum Gasteiger partial charge on any atom is 0.0300 e. The van der Waals surface area contributed by atoms with E-state index in [4.69, 9.17) is 5.73 Å². The van der Waals surface area contributed by atoms with E-state index < -0.39 is 0 Å². The van der Waals surface area contributed by atoms with Crippen LogP contribution in [0.15, 0.2) is 40.9 Å². The Kier molecular flexibility index (Phi) is 3.62. The van der Waals surface area contributed by atoms with Gasteiger partial charge in [-0.3, -0.25) is 0 Å². The average Bonchev–Trinajstić information content (AvgIpc) is 2.30. The molecule has 0 fully saturated rings. The number of benzene rings is 2. The summed E-state index contributed by atoms with van der Waals surface area (Å²) in [6.45, 7) is 2.17. The van der Waals surface area contributed by atoms with Crippen LogP contribution in [0.4, 0.5) is 0 Å². The summed E-state index contributed by atoms with van der Waals surface area (Å²) >= 11 is 3.58. The molecular weight excluding hydrogens is 262 g/mol. The minimum Gasteiger partial charge on any atom is -0.324 e. The Labute approximate surface area is 105 Å². The highest BCUT2D eigenvalue weighted by atomic mass is 79.9. The lowest BCUT2D eigenvalue weighted by Crippen LogP contribution is -2.10. The lowest BCUT2D eigenvalue weighted by molar-refractivity contribution is 0.642. The Hall–Kier alpha value is -0.860. The smallest absolute Gasteiger partial charge is 0.0300 e. The molecule has 0 spiro atoms. The van der Waals surface area contributed by atoms with Crippen LogP contribution in [0.25, 0.3) is 10.8 Å². The van der Waals surface area contributed by atoms with Crippen LogP contribution in [-0.4, -0.2) is 0 Å². The van der Waals surface area contributed by atoms with Gasteiger partial charge in [0, 0.05) is 10.5 Å². The van der Waals surface area contributed by atoms with E-state index in [0.29, 0.717) is 0 Å². The number of rotatable bonds is 3. The molecule has 0 bridgehead atoms. The SMILES string of the molecule is CCCC(N)c1ccc(Br)c2ccccc12. The predicted octanol–water partition coefficient (Wildman–Crippen LogP) is 4.40. The van der Waals surface area contributed by atoms with E-state index in [9.17, 15) is 0 Å². The minimum atomic E-state index is 0.142. The van der Waals surface area contributed by atoms with E-state index >= 15 is 0 Å². The van der Waals surface area contributed by atoms with Crippen LogP contribution in [0.1, 0.15) is 31.4 Å². The Bertz CT molecular complexity index is 493. The molecule has 0 saturated carbocycles. The van der Waals surface area contributed by atoms with Crippen LogP contribution in [0.5, 0.6) is 0 Å². The maximum absolute atomic E-state index is 6.21. The summed E-state index contributed by atoms with van der Waals surface area (Å²) in [6.07, 6.45) is 2.15. The summed E-state index contributed by atoms with van der Waals surface area (Å²) in [6, 6.07) is 12.8. The predicted molar refractivity (Wildman–Crippen MR) is 73.5 cm³/mol. The third-order valence-corrected chi connectivity index (χ3v) is 3.60. The molecule has 0 aliphatic heterocycles. The molecule has 0 saturated heterocycles. The molecule has 0 aliphatic rings. The Morgan fingerprint density at radius 2 is 1.81 bits per heavy atom. The Morgan fingerprint density at radius 3 is 2.50 bits per heavy atom. The van der Waals surface area contributed by atoms with E-state index in [1.807, 2.05) is 0 Å². The molecule has 0 amide bonds. The third-order valence-electron chi connectivity index (χ3n) is 2.90. The van der Waals surface area contributed by atoms with Gasteiger partial charge in [-0.15, -0.1) is 0 Å². The van der Waals surface area contributed by atoms with Gasteiger partial charge < -0.3 is 5.73 Å². The van der Waals surface area contributed by atoms with Crippen LogP contribution in [0.2, 0.25) is 0 Å². The summed E-state index contributed by atoms with van der Waals surface area (Å²) in [5.41, 5.74) is 7.46. The molecule has 16 heavy (non-hydrogen) atoms. The number of nitrogens with two attached hydrogens (primary N) is 1. The minimum absolute atomic E-state index is 0.142. The molecule has 0 aliphatic carbocycles. The van der Waals surface area contributed by atoms with E-state index in [2.05, 4.69) is 59.3 Å². The van der Waals surface area contributed by atoms with Crippen molar-refractivity contribution in [2.75, 3.05) is 0 Å². The number of halogens is 1. The molecule has 2 aromatic rings. The Morgan fingerprint density at radius 1 is 1.12 bits per heavy atom. The van der Waals surface area contributed by atoms with Gasteiger partial charge in [-0.2, -0.15) is 0 Å². The summed E-state index contributed by atoms with van der Waals surface area (Å²) in [5, 5.41) is 2.50. The van der Waals surface area contributed by atoms with E-state index in [-0.39, 0.29) is 6.04 Å². The van der Waals surface area contributed by atoms with Gasteiger partial charge in [0.05, 0.1) is 0 Å². The molecule has 2 rings (SSSR count). The second kappa shape index (κ2) is 4.98. The molecule has 2 heteroatoms. The van der Waals surface area contributed by atoms with Crippen molar-refractivity contribution in [3.8, 4) is 0 Å². The lowest BCUT2D eigenvalue weighted by Gasteiger charge is -2.14. The first-order chi connectivity index (χ1) is 7.74. The van der Waals surface area contributed by atoms with Gasteiger partial charge in [-0.1, -0.05) is 59.6 Å². The Balaban J connectivity index is 2.58. The van der Waals surface area contributed by atoms with Crippen molar-refractivity contribution in [2.45, 2.75) is 25.8 Å². The van der Waals surface area contributed by atoms with Crippen molar-refractivity contribution in [3.63, 3.8) is 0 Å². The summed E-state index contributed by atoms with van der Waals surface area (Å²) in [7, 11) is 0. The summed E-state index contributed by atoms with van der Waals surface area (Å²) < 4.78 is 1.13. The first kappa shape index (κ1) is 11.6. The van der Waals surface area contributed by atoms with Gasteiger partial charge in [0.1, 0.15) is 0 Å². The van der Waals surface area contributed by atoms with E-state index in [1.165, 1.54) is 16.3 Å². The van der Waals surface area contributed by atoms with Gasteiger partial charge in [0.15, 0.2) is 0 Å². The molecule has 0 heterocycles. The molecular formula is C14H16BrN. The first-order valence-corrected chi connectivity index (χ1v) is 6.46. The van der Waals surface area contributed by atoms with Crippen LogP contribution in [0, 0.1) is 0 Å². The van der Waals surface area contributed by atoms with Gasteiger partial charge in [0.2, 0.25) is 0 Å². The van der Waals surface area contributed by atoms with Crippen molar-refractivity contribution < 1.29 is 0 Å². The number of hydrogen-bond donors (Lipinski definition) is 1. The largest absolute Gasteiger partial charge is 0.324 e. The molecule has 2 aromatic carbocycles. The second-order valence-electron chi connectivity index (χ2n) is 4.08. The van der Waals surface area contributed by atoms with Crippen LogP contribution >= 0.6 is 15.9 Å². The monoisotopic (exact) mass is 277 g/mol. The topological polar surface area (TPSA) is 26.0 Å². The molecule has 1 atom stereocenters. The molecule has 1 unspecified atom stereocenters. The quantitative estimate of drug-likeness (QED) is 0.884. The standard InChI is InChI=1S/C14H16BrN/c1-2-5-14(16)12-8-9-13(15)11-7-4-3-6-10(11)12/h3-4,6-9,14H,2,5,16H2,1H3. The van der Waals surface area contributed by atoms with Crippen molar-refractivity contribution in [1.82, 2.24) is 0 Å². The highest BCUT2D eigenvalue weighted by Gasteiger charge is 2.10. The van der Waals surface area contributed by atoms with E-state index in [1.54, 1.807) is 0 Å². The fourth-order valence-corrected chi connectivity index (χ4v) is 2.55. The number of fused-ring (bicyclic) bond motifs is 1. The van der Waals surface area contributed by atoms with Crippen LogP contribution < -0.4 is 5.73 Å². The molecule has 0 radical (unpaired) electrons. The fraction of sp³-hybridized carbons (Fsp3) is 0.286. The molecule has 1 nitrogen and oxygen atoms in total. The van der Waals surface area contributed by atoms with Gasteiger partial charge in [0.25, 0.3) is 0 Å². The zero-order valence-electron chi connectivity index (χ0n) is 9.41. The zero-order chi connectivity index (χ0) is 11.5. The summed E-state index contributed by atoms with van der Waals surface area (Å²) in [4.78, 5) is 0. The van der Waals surface area contributed by atoms with Crippen LogP contribution in [0.3, 0.4) is 0 Å². The van der Waals surface area contributed by atoms with Crippen molar-refractivity contribution in [1.29, 1.82) is 0 Å². The van der Waals surface area contributed by atoms with E-state index in [0.717, 1.165) is 17.3 Å². The highest BCUT2D eigenvalue weighted by molar-refractivity contribution is 9.10. The van der Waals surface area contributed by atoms with Crippen molar-refractivity contribution in [3.05, 3.63) is 46.4 Å². The highest BCUT2D eigenvalue weighted by Crippen LogP contribution is 2.30. The second-order valence-corrected chi connectivity index (χ2v) is 4.93. The lowest BCUT2D eigenvalue weighted by atomic mass is 9.97. The van der Waals surface area contributed by atoms with Crippen molar-refractivity contribution >= 4 is 26.7 Å². The molecule has 0 aromatic heterocycles. The van der Waals surface area contributed by atoms with Gasteiger partial charge in [-0.05, 0) is 28.8 Å². The number of hydrogen-bond acceptors (Lipinski definition) is 1. The normalized spacial score (nSPS) is 12.9. The average molecular weight is 278 g/mol. The zero-order valence-corrected chi connectivity index (χ0v) is 11.0. The van der Waals surface area contributed by atoms with Crippen LogP contribution in [-0.2, 0) is 0 Å². The van der Waals surface area contributed by atoms with Gasteiger partial charge >= 0.3 is 0 Å². The van der Waals surface area contributed by atoms with Crippen molar-refractivity contribution in [2.24, 2.45) is 5.73 Å².